The maximum Gasteiger partial charge on any atom is 0.133 e. The Hall–Kier alpha value is -0.930. The van der Waals surface area contributed by atoms with E-state index >= 15 is 0 Å². The Balaban J connectivity index is 2.86. The summed E-state index contributed by atoms with van der Waals surface area (Å²) in [5, 5.41) is 11.2. The van der Waals surface area contributed by atoms with Gasteiger partial charge in [0.15, 0.2) is 0 Å². The van der Waals surface area contributed by atoms with E-state index in [1.807, 2.05) is 6.07 Å². The van der Waals surface area contributed by atoms with Crippen molar-refractivity contribution < 1.29 is 5.11 Å². The van der Waals surface area contributed by atoms with Crippen molar-refractivity contribution >= 4 is 38.0 Å². The molecule has 0 radical (unpaired) electrons. The summed E-state index contributed by atoms with van der Waals surface area (Å²) in [5.41, 5.74) is 6.67. The molecule has 2 rings (SSSR count). The summed E-state index contributed by atoms with van der Waals surface area (Å²) in [6.45, 7) is 0. The second-order valence-electron chi connectivity index (χ2n) is 2.73. The quantitative estimate of drug-likeness (QED) is 0.716. The lowest BCUT2D eigenvalue weighted by Gasteiger charge is -1.94. The number of halogens is 1. The molecule has 68 valence electrons. The van der Waals surface area contributed by atoms with Gasteiger partial charge in [-0.1, -0.05) is 12.1 Å². The molecule has 4 heteroatoms. The van der Waals surface area contributed by atoms with E-state index in [2.05, 4.69) is 0 Å². The third-order valence-corrected chi connectivity index (χ3v) is 3.33. The van der Waals surface area contributed by atoms with Gasteiger partial charge in [0.2, 0.25) is 0 Å². The molecular formula is C9H8ClNOS. The van der Waals surface area contributed by atoms with Gasteiger partial charge in [-0.2, -0.15) is 0 Å². The lowest BCUT2D eigenvalue weighted by atomic mass is 10.2. The van der Waals surface area contributed by atoms with Crippen molar-refractivity contribution in [3.8, 4) is 5.75 Å². The summed E-state index contributed by atoms with van der Waals surface area (Å²) in [6.07, 6.45) is 0. The van der Waals surface area contributed by atoms with Crippen LogP contribution < -0.4 is 5.73 Å². The van der Waals surface area contributed by atoms with Crippen LogP contribution in [0.15, 0.2) is 18.2 Å². The highest BCUT2D eigenvalue weighted by Gasteiger charge is 2.10. The van der Waals surface area contributed by atoms with E-state index in [1.54, 1.807) is 12.1 Å². The minimum atomic E-state index is 0.269. The lowest BCUT2D eigenvalue weighted by Crippen LogP contribution is -1.84. The number of benzene rings is 1. The molecule has 2 aromatic rings. The number of alkyl halides is 1. The minimum absolute atomic E-state index is 0.269. The smallest absolute Gasteiger partial charge is 0.133 e. The molecule has 1 heterocycles. The average molecular weight is 214 g/mol. The third-order valence-electron chi connectivity index (χ3n) is 1.96. The van der Waals surface area contributed by atoms with Gasteiger partial charge in [-0.25, -0.2) is 0 Å². The molecule has 0 spiro atoms. The van der Waals surface area contributed by atoms with Crippen LogP contribution in [0.1, 0.15) is 5.56 Å². The zero-order valence-corrected chi connectivity index (χ0v) is 8.32. The predicted molar refractivity (Wildman–Crippen MR) is 57.5 cm³/mol. The summed E-state index contributed by atoms with van der Waals surface area (Å²) in [7, 11) is 0. The molecule has 1 aromatic heterocycles. The van der Waals surface area contributed by atoms with E-state index in [-0.39, 0.29) is 5.75 Å². The third kappa shape index (κ3) is 1.24. The second-order valence-corrected chi connectivity index (χ2v) is 4.05. The fraction of sp³-hybridized carbons (Fsp3) is 0.111. The molecule has 2 nitrogen and oxygen atoms in total. The van der Waals surface area contributed by atoms with Crippen molar-refractivity contribution in [2.45, 2.75) is 5.88 Å². The second kappa shape index (κ2) is 3.09. The highest BCUT2D eigenvalue weighted by Crippen LogP contribution is 2.39. The topological polar surface area (TPSA) is 46.2 Å². The SMILES string of the molecule is Nc1sc2c(O)cccc2c1CCl. The first-order chi connectivity index (χ1) is 6.24. The zero-order chi connectivity index (χ0) is 9.42. The highest BCUT2D eigenvalue weighted by atomic mass is 35.5. The van der Waals surface area contributed by atoms with Crippen LogP contribution in [0.3, 0.4) is 0 Å². The molecule has 0 fully saturated rings. The van der Waals surface area contributed by atoms with Crippen molar-refractivity contribution in [3.05, 3.63) is 23.8 Å². The average Bonchev–Trinajstić information content (AvgIpc) is 2.43. The molecular weight excluding hydrogens is 206 g/mol. The van der Waals surface area contributed by atoms with Gasteiger partial charge in [0, 0.05) is 10.9 Å². The van der Waals surface area contributed by atoms with Crippen LogP contribution >= 0.6 is 22.9 Å². The van der Waals surface area contributed by atoms with Gasteiger partial charge in [0.25, 0.3) is 0 Å². The molecule has 0 aliphatic carbocycles. The number of nitrogen functional groups attached to an aromatic ring is 1. The molecule has 0 bridgehead atoms. The van der Waals surface area contributed by atoms with Gasteiger partial charge in [0.05, 0.1) is 15.6 Å². The lowest BCUT2D eigenvalue weighted by molar-refractivity contribution is 0.482. The van der Waals surface area contributed by atoms with Crippen LogP contribution in [0, 0.1) is 0 Å². The molecule has 1 aromatic carbocycles. The Labute approximate surface area is 84.6 Å². The van der Waals surface area contributed by atoms with E-state index in [4.69, 9.17) is 17.3 Å². The molecule has 0 saturated heterocycles. The number of aromatic hydroxyl groups is 1. The first kappa shape index (κ1) is 8.66. The summed E-state index contributed by atoms with van der Waals surface area (Å²) in [5.74, 6) is 0.653. The van der Waals surface area contributed by atoms with Crippen LogP contribution in [-0.4, -0.2) is 5.11 Å². The van der Waals surface area contributed by atoms with Gasteiger partial charge < -0.3 is 10.8 Å². The Morgan fingerprint density at radius 2 is 2.23 bits per heavy atom. The Morgan fingerprint density at radius 3 is 2.92 bits per heavy atom. The van der Waals surface area contributed by atoms with Crippen LogP contribution in [0.2, 0.25) is 0 Å². The highest BCUT2D eigenvalue weighted by molar-refractivity contribution is 7.23. The van der Waals surface area contributed by atoms with Crippen molar-refractivity contribution in [1.29, 1.82) is 0 Å². The largest absolute Gasteiger partial charge is 0.506 e. The van der Waals surface area contributed by atoms with Crippen molar-refractivity contribution in [3.63, 3.8) is 0 Å². The van der Waals surface area contributed by atoms with Gasteiger partial charge >= 0.3 is 0 Å². The molecule has 0 unspecified atom stereocenters. The Morgan fingerprint density at radius 1 is 1.46 bits per heavy atom. The van der Waals surface area contributed by atoms with Crippen molar-refractivity contribution in [2.75, 3.05) is 5.73 Å². The number of rotatable bonds is 1. The number of phenols is 1. The van der Waals surface area contributed by atoms with Crippen molar-refractivity contribution in [2.24, 2.45) is 0 Å². The molecule has 0 saturated carbocycles. The van der Waals surface area contributed by atoms with Gasteiger partial charge in [-0.05, 0) is 6.07 Å². The van der Waals surface area contributed by atoms with E-state index < -0.39 is 0 Å². The van der Waals surface area contributed by atoms with Gasteiger partial charge in [-0.15, -0.1) is 22.9 Å². The van der Waals surface area contributed by atoms with E-state index in [1.165, 1.54) is 11.3 Å². The summed E-state index contributed by atoms with van der Waals surface area (Å²) in [4.78, 5) is 0. The van der Waals surface area contributed by atoms with E-state index in [0.29, 0.717) is 10.9 Å². The molecule has 3 N–H and O–H groups in total. The molecule has 0 aliphatic rings. The number of nitrogens with two attached hydrogens (primary N) is 1. The van der Waals surface area contributed by atoms with E-state index in [9.17, 15) is 5.11 Å². The maximum atomic E-state index is 9.52. The number of fused-ring (bicyclic) bond motifs is 1. The van der Waals surface area contributed by atoms with Crippen LogP contribution in [0.25, 0.3) is 10.1 Å². The van der Waals surface area contributed by atoms with Gasteiger partial charge in [-0.3, -0.25) is 0 Å². The molecule has 13 heavy (non-hydrogen) atoms. The molecule has 0 amide bonds. The summed E-state index contributed by atoms with van der Waals surface area (Å²) < 4.78 is 0.815. The van der Waals surface area contributed by atoms with Crippen LogP contribution in [-0.2, 0) is 5.88 Å². The van der Waals surface area contributed by atoms with E-state index in [0.717, 1.165) is 15.6 Å². The predicted octanol–water partition coefficient (Wildman–Crippen LogP) is 2.93. The number of anilines is 1. The van der Waals surface area contributed by atoms with Crippen LogP contribution in [0.5, 0.6) is 5.75 Å². The van der Waals surface area contributed by atoms with Gasteiger partial charge in [0.1, 0.15) is 5.75 Å². The first-order valence-corrected chi connectivity index (χ1v) is 5.14. The van der Waals surface area contributed by atoms with Crippen LogP contribution in [0.4, 0.5) is 5.00 Å². The summed E-state index contributed by atoms with van der Waals surface area (Å²) in [6, 6.07) is 5.36. The fourth-order valence-electron chi connectivity index (χ4n) is 1.31. The first-order valence-electron chi connectivity index (χ1n) is 3.79. The van der Waals surface area contributed by atoms with Crippen molar-refractivity contribution in [1.82, 2.24) is 0 Å². The zero-order valence-electron chi connectivity index (χ0n) is 6.75. The Bertz CT molecular complexity index is 452. The summed E-state index contributed by atoms with van der Waals surface area (Å²) >= 11 is 7.12. The monoisotopic (exact) mass is 213 g/mol. The fourth-order valence-corrected chi connectivity index (χ4v) is 2.68. The normalized spacial score (nSPS) is 10.8. The maximum absolute atomic E-state index is 9.52. The number of hydrogen-bond acceptors (Lipinski definition) is 3. The molecule has 0 atom stereocenters. The number of phenolic OH excluding ortho intramolecular Hbond substituents is 1. The minimum Gasteiger partial charge on any atom is -0.506 e. The molecule has 0 aliphatic heterocycles. The number of thiophene rings is 1. The Kier molecular flexibility index (Phi) is 2.06. The number of hydrogen-bond donors (Lipinski definition) is 2. The standard InChI is InChI=1S/C9H8ClNOS/c10-4-6-5-2-1-3-7(12)8(5)13-9(6)11/h1-3,12H,4,11H2.